The van der Waals surface area contributed by atoms with Gasteiger partial charge in [0.1, 0.15) is 12.3 Å². The molecule has 3 aromatic rings. The molecule has 1 aliphatic rings. The molecule has 0 radical (unpaired) electrons. The summed E-state index contributed by atoms with van der Waals surface area (Å²) in [5.74, 6) is -0.536. The average Bonchev–Trinajstić information content (AvgIpc) is 2.92. The smallest absolute Gasteiger partial charge is 0.264 e. The zero-order chi connectivity index (χ0) is 28.0. The fourth-order valence-corrected chi connectivity index (χ4v) is 6.18. The highest BCUT2D eigenvalue weighted by Crippen LogP contribution is 2.33. The van der Waals surface area contributed by atoms with Crippen LogP contribution in [-0.2, 0) is 14.8 Å². The van der Waals surface area contributed by atoms with Gasteiger partial charge in [-0.1, -0.05) is 55.2 Å². The van der Waals surface area contributed by atoms with E-state index < -0.39 is 22.5 Å². The summed E-state index contributed by atoms with van der Waals surface area (Å²) in [5.41, 5.74) is 2.61. The second kappa shape index (κ2) is 12.3. The monoisotopic (exact) mass is 549 g/mol. The summed E-state index contributed by atoms with van der Waals surface area (Å²) in [6, 6.07) is 18.4. The fourth-order valence-electron chi connectivity index (χ4n) is 4.75. The zero-order valence-electron chi connectivity index (χ0n) is 22.6. The number of hydrogen-bond donors (Lipinski definition) is 2. The number of rotatable bonds is 9. The van der Waals surface area contributed by atoms with E-state index in [0.717, 1.165) is 41.1 Å². The van der Waals surface area contributed by atoms with Crippen molar-refractivity contribution in [3.8, 4) is 5.75 Å². The van der Waals surface area contributed by atoms with Gasteiger partial charge in [0.2, 0.25) is 5.91 Å². The third-order valence-electron chi connectivity index (χ3n) is 6.89. The molecule has 2 amide bonds. The Hall–Kier alpha value is -3.85. The molecule has 206 valence electrons. The van der Waals surface area contributed by atoms with E-state index in [1.165, 1.54) is 25.7 Å². The van der Waals surface area contributed by atoms with E-state index in [4.69, 9.17) is 4.74 Å². The number of methoxy groups -OCH3 is 1. The van der Waals surface area contributed by atoms with Crippen molar-refractivity contribution in [2.75, 3.05) is 23.3 Å². The van der Waals surface area contributed by atoms with Gasteiger partial charge in [-0.25, -0.2) is 8.42 Å². The van der Waals surface area contributed by atoms with Crippen LogP contribution in [0.15, 0.2) is 71.6 Å². The molecule has 0 saturated heterocycles. The fraction of sp³-hybridized carbons (Fsp3) is 0.333. The molecule has 0 bridgehead atoms. The van der Waals surface area contributed by atoms with Gasteiger partial charge in [-0.3, -0.25) is 13.9 Å². The first kappa shape index (κ1) is 28.2. The van der Waals surface area contributed by atoms with Gasteiger partial charge in [0, 0.05) is 6.04 Å². The molecule has 4 rings (SSSR count). The lowest BCUT2D eigenvalue weighted by molar-refractivity contribution is -0.114. The first-order valence-electron chi connectivity index (χ1n) is 13.1. The number of sulfonamides is 1. The van der Waals surface area contributed by atoms with Crippen LogP contribution in [-0.4, -0.2) is 39.9 Å². The number of amides is 2. The third-order valence-corrected chi connectivity index (χ3v) is 8.66. The number of hydrogen-bond acceptors (Lipinski definition) is 5. The predicted molar refractivity (Wildman–Crippen MR) is 153 cm³/mol. The lowest BCUT2D eigenvalue weighted by Crippen LogP contribution is -2.39. The molecule has 2 N–H and O–H groups in total. The maximum atomic E-state index is 13.8. The molecule has 9 heteroatoms. The number of benzene rings is 3. The molecule has 1 fully saturated rings. The summed E-state index contributed by atoms with van der Waals surface area (Å²) < 4.78 is 34.2. The van der Waals surface area contributed by atoms with Gasteiger partial charge in [0.25, 0.3) is 15.9 Å². The minimum absolute atomic E-state index is 0.0525. The molecular weight excluding hydrogens is 514 g/mol. The summed E-state index contributed by atoms with van der Waals surface area (Å²) in [5, 5.41) is 5.84. The topological polar surface area (TPSA) is 105 Å². The standard InChI is InChI=1S/C30H35N3O5S/c1-21-13-16-24(17-14-21)39(36,37)33(27-19-22(2)15-18-28(27)38-3)20-29(34)32-26-12-8-7-11-25(26)30(35)31-23-9-5-4-6-10-23/h7-8,11-19,23H,4-6,9-10,20H2,1-3H3,(H,31,35)(H,32,34). The van der Waals surface area contributed by atoms with E-state index in [1.807, 2.05) is 13.8 Å². The normalized spacial score (nSPS) is 13.9. The van der Waals surface area contributed by atoms with Gasteiger partial charge in [0.15, 0.2) is 0 Å². The first-order valence-corrected chi connectivity index (χ1v) is 14.6. The van der Waals surface area contributed by atoms with Crippen molar-refractivity contribution in [1.29, 1.82) is 0 Å². The molecule has 1 saturated carbocycles. The summed E-state index contributed by atoms with van der Waals surface area (Å²) in [4.78, 5) is 26.5. The Morgan fingerprint density at radius 1 is 0.923 bits per heavy atom. The Kier molecular flexibility index (Phi) is 8.91. The Morgan fingerprint density at radius 2 is 1.59 bits per heavy atom. The van der Waals surface area contributed by atoms with Crippen LogP contribution in [0.25, 0.3) is 0 Å². The van der Waals surface area contributed by atoms with Gasteiger partial charge in [-0.05, 0) is 68.7 Å². The number of aryl methyl sites for hydroxylation is 2. The molecule has 0 heterocycles. The summed E-state index contributed by atoms with van der Waals surface area (Å²) in [7, 11) is -2.69. The molecule has 39 heavy (non-hydrogen) atoms. The number of carbonyl (C=O) groups is 2. The van der Waals surface area contributed by atoms with Crippen LogP contribution in [0, 0.1) is 13.8 Å². The number of carbonyl (C=O) groups excluding carboxylic acids is 2. The number of nitrogens with zero attached hydrogens (tertiary/aromatic N) is 1. The average molecular weight is 550 g/mol. The Balaban J connectivity index is 1.63. The van der Waals surface area contributed by atoms with E-state index in [0.29, 0.717) is 17.0 Å². The second-order valence-corrected chi connectivity index (χ2v) is 11.8. The van der Waals surface area contributed by atoms with E-state index in [9.17, 15) is 18.0 Å². The second-order valence-electron chi connectivity index (χ2n) is 9.90. The van der Waals surface area contributed by atoms with E-state index in [2.05, 4.69) is 10.6 Å². The highest BCUT2D eigenvalue weighted by Gasteiger charge is 2.30. The van der Waals surface area contributed by atoms with Crippen molar-refractivity contribution in [2.45, 2.75) is 56.9 Å². The van der Waals surface area contributed by atoms with Crippen LogP contribution in [0.5, 0.6) is 5.75 Å². The van der Waals surface area contributed by atoms with Crippen molar-refractivity contribution in [1.82, 2.24) is 5.32 Å². The van der Waals surface area contributed by atoms with Crippen molar-refractivity contribution in [3.05, 3.63) is 83.4 Å². The third kappa shape index (κ3) is 6.78. The van der Waals surface area contributed by atoms with Gasteiger partial charge in [0.05, 0.1) is 28.9 Å². The Bertz CT molecular complexity index is 1430. The van der Waals surface area contributed by atoms with Gasteiger partial charge < -0.3 is 15.4 Å². The minimum atomic E-state index is -4.14. The number of nitrogens with one attached hydrogen (secondary N) is 2. The molecule has 8 nitrogen and oxygen atoms in total. The molecule has 0 atom stereocenters. The van der Waals surface area contributed by atoms with Crippen molar-refractivity contribution < 1.29 is 22.7 Å². The zero-order valence-corrected chi connectivity index (χ0v) is 23.4. The predicted octanol–water partition coefficient (Wildman–Crippen LogP) is 5.21. The van der Waals surface area contributed by atoms with E-state index in [1.54, 1.807) is 54.6 Å². The van der Waals surface area contributed by atoms with Crippen LogP contribution >= 0.6 is 0 Å². The maximum Gasteiger partial charge on any atom is 0.264 e. The summed E-state index contributed by atoms with van der Waals surface area (Å²) in [6.45, 7) is 3.18. The molecule has 0 unspecified atom stereocenters. The molecule has 0 aliphatic heterocycles. The number of anilines is 2. The number of ether oxygens (including phenoxy) is 1. The summed E-state index contributed by atoms with van der Waals surface area (Å²) >= 11 is 0. The highest BCUT2D eigenvalue weighted by atomic mass is 32.2. The van der Waals surface area contributed by atoms with Gasteiger partial charge >= 0.3 is 0 Å². The maximum absolute atomic E-state index is 13.8. The molecule has 0 aromatic heterocycles. The van der Waals surface area contributed by atoms with E-state index in [-0.39, 0.29) is 22.5 Å². The summed E-state index contributed by atoms with van der Waals surface area (Å²) in [6.07, 6.45) is 5.20. The molecule has 3 aromatic carbocycles. The molecular formula is C30H35N3O5S. The largest absolute Gasteiger partial charge is 0.495 e. The Morgan fingerprint density at radius 3 is 2.28 bits per heavy atom. The quantitative estimate of drug-likeness (QED) is 0.381. The van der Waals surface area contributed by atoms with Crippen molar-refractivity contribution in [2.24, 2.45) is 0 Å². The van der Waals surface area contributed by atoms with Crippen molar-refractivity contribution in [3.63, 3.8) is 0 Å². The highest BCUT2D eigenvalue weighted by molar-refractivity contribution is 7.92. The van der Waals surface area contributed by atoms with Crippen LogP contribution in [0.3, 0.4) is 0 Å². The van der Waals surface area contributed by atoms with E-state index >= 15 is 0 Å². The van der Waals surface area contributed by atoms with Crippen molar-refractivity contribution >= 4 is 33.2 Å². The SMILES string of the molecule is COc1ccc(C)cc1N(CC(=O)Nc1ccccc1C(=O)NC1CCCCC1)S(=O)(=O)c1ccc(C)cc1. The van der Waals surface area contributed by atoms with Crippen LogP contribution in [0.2, 0.25) is 0 Å². The number of para-hydroxylation sites is 1. The molecule has 1 aliphatic carbocycles. The van der Waals surface area contributed by atoms with Gasteiger partial charge in [-0.15, -0.1) is 0 Å². The van der Waals surface area contributed by atoms with Crippen LogP contribution in [0.4, 0.5) is 11.4 Å². The van der Waals surface area contributed by atoms with Crippen LogP contribution in [0.1, 0.15) is 53.6 Å². The van der Waals surface area contributed by atoms with Gasteiger partial charge in [-0.2, -0.15) is 0 Å². The van der Waals surface area contributed by atoms with Crippen LogP contribution < -0.4 is 19.7 Å². The Labute approximate surface area is 230 Å². The molecule has 0 spiro atoms. The first-order chi connectivity index (χ1) is 18.7. The lowest BCUT2D eigenvalue weighted by Gasteiger charge is -2.26. The lowest BCUT2D eigenvalue weighted by atomic mass is 9.95. The minimum Gasteiger partial charge on any atom is -0.495 e.